The van der Waals surface area contributed by atoms with Crippen molar-refractivity contribution < 1.29 is 27.5 Å². The molecule has 0 spiro atoms. The van der Waals surface area contributed by atoms with Gasteiger partial charge in [-0.1, -0.05) is 38.5 Å². The predicted molar refractivity (Wildman–Crippen MR) is 74.0 cm³/mol. The summed E-state index contributed by atoms with van der Waals surface area (Å²) in [4.78, 5) is 19.5. The Morgan fingerprint density at radius 1 is 0.762 bits per heavy atom. The molecule has 0 radical (unpaired) electrons. The summed E-state index contributed by atoms with van der Waals surface area (Å²) in [6, 6.07) is 0. The Morgan fingerprint density at radius 2 is 1.10 bits per heavy atom. The molecule has 124 valence electrons. The zero-order chi connectivity index (χ0) is 15.7. The molecule has 0 unspecified atom stereocenters. The number of hydrogen-bond donors (Lipinski definition) is 2. The van der Waals surface area contributed by atoms with Crippen LogP contribution in [0.3, 0.4) is 0 Å². The van der Waals surface area contributed by atoms with E-state index in [-0.39, 0.29) is 25.7 Å². The molecule has 0 aromatic heterocycles. The van der Waals surface area contributed by atoms with Gasteiger partial charge in [-0.05, 0) is 37.5 Å². The maximum Gasteiger partial charge on any atom is 0.406 e. The Balaban J connectivity index is 2.50. The second-order valence-electron chi connectivity index (χ2n) is 6.54. The molecule has 0 bridgehead atoms. The predicted octanol–water partition coefficient (Wildman–Crippen LogP) is 4.63. The summed E-state index contributed by atoms with van der Waals surface area (Å²) in [5.41, 5.74) is 0. The van der Waals surface area contributed by atoms with Crippen LogP contribution in [0, 0.1) is 11.8 Å². The van der Waals surface area contributed by atoms with E-state index in [1.165, 1.54) is 0 Å². The van der Waals surface area contributed by atoms with Gasteiger partial charge in [0.25, 0.3) is 0 Å². The van der Waals surface area contributed by atoms with E-state index in [1.54, 1.807) is 0 Å². The van der Waals surface area contributed by atoms with Crippen LogP contribution in [-0.2, 0) is 4.57 Å². The molecule has 2 aliphatic rings. The summed E-state index contributed by atoms with van der Waals surface area (Å²) in [6.07, 6.45) is 0.516. The van der Waals surface area contributed by atoms with Crippen molar-refractivity contribution in [1.29, 1.82) is 0 Å². The van der Waals surface area contributed by atoms with E-state index in [2.05, 4.69) is 0 Å². The van der Waals surface area contributed by atoms with E-state index >= 15 is 0 Å². The third-order valence-electron chi connectivity index (χ3n) is 5.39. The highest BCUT2D eigenvalue weighted by Gasteiger charge is 2.72. The molecular weight excluding hydrogens is 304 g/mol. The highest BCUT2D eigenvalue weighted by molar-refractivity contribution is 7.53. The molecule has 0 aromatic rings. The maximum absolute atomic E-state index is 13.9. The van der Waals surface area contributed by atoms with Crippen LogP contribution in [0.2, 0.25) is 0 Å². The van der Waals surface area contributed by atoms with Gasteiger partial charge in [-0.15, -0.1) is 0 Å². The van der Waals surface area contributed by atoms with Crippen molar-refractivity contribution in [3.8, 4) is 0 Å². The first-order chi connectivity index (χ1) is 9.71. The molecule has 0 atom stereocenters. The second kappa shape index (κ2) is 6.21. The Bertz CT molecular complexity index is 375. The van der Waals surface area contributed by atoms with Gasteiger partial charge in [0.1, 0.15) is 0 Å². The summed E-state index contributed by atoms with van der Waals surface area (Å²) in [5, 5.41) is -2.82. The maximum atomic E-state index is 13.9. The van der Waals surface area contributed by atoms with Gasteiger partial charge in [-0.2, -0.15) is 13.2 Å². The minimum Gasteiger partial charge on any atom is -0.324 e. The van der Waals surface area contributed by atoms with E-state index in [1.807, 2.05) is 0 Å². The van der Waals surface area contributed by atoms with Gasteiger partial charge in [-0.3, -0.25) is 4.57 Å². The number of hydrogen-bond acceptors (Lipinski definition) is 1. The largest absolute Gasteiger partial charge is 0.406 e. The molecule has 0 heterocycles. The zero-order valence-electron chi connectivity index (χ0n) is 12.1. The first-order valence-electron chi connectivity index (χ1n) is 7.83. The second-order valence-corrected chi connectivity index (χ2v) is 8.37. The van der Waals surface area contributed by atoms with Crippen LogP contribution in [-0.4, -0.2) is 21.1 Å². The summed E-state index contributed by atoms with van der Waals surface area (Å²) in [6.45, 7) is 0. The molecule has 2 fully saturated rings. The van der Waals surface area contributed by atoms with Crippen LogP contribution < -0.4 is 0 Å². The van der Waals surface area contributed by atoms with Crippen molar-refractivity contribution in [2.75, 3.05) is 0 Å². The molecule has 2 rings (SSSR count). The minimum atomic E-state index is -5.29. The van der Waals surface area contributed by atoms with E-state index < -0.39 is 30.8 Å². The highest BCUT2D eigenvalue weighted by atomic mass is 31.2. The van der Waals surface area contributed by atoms with Crippen molar-refractivity contribution in [2.24, 2.45) is 11.8 Å². The molecule has 0 saturated heterocycles. The molecule has 0 aliphatic heterocycles. The summed E-state index contributed by atoms with van der Waals surface area (Å²) < 4.78 is 53.9. The fourth-order valence-corrected chi connectivity index (χ4v) is 6.32. The van der Waals surface area contributed by atoms with E-state index in [4.69, 9.17) is 0 Å². The van der Waals surface area contributed by atoms with Gasteiger partial charge >= 0.3 is 13.8 Å². The Labute approximate surface area is 123 Å². The third-order valence-corrected chi connectivity index (χ3v) is 7.34. The van der Waals surface area contributed by atoms with Crippen molar-refractivity contribution >= 4 is 7.60 Å². The van der Waals surface area contributed by atoms with E-state index in [0.29, 0.717) is 25.7 Å². The van der Waals surface area contributed by atoms with Gasteiger partial charge < -0.3 is 9.79 Å². The molecule has 0 aromatic carbocycles. The van der Waals surface area contributed by atoms with Gasteiger partial charge in [0.2, 0.25) is 0 Å². The van der Waals surface area contributed by atoms with Gasteiger partial charge in [0, 0.05) is 0 Å². The summed E-state index contributed by atoms with van der Waals surface area (Å²) in [7, 11) is -5.29. The third kappa shape index (κ3) is 3.04. The first-order valence-corrected chi connectivity index (χ1v) is 9.45. The Hall–Kier alpha value is -0.0600. The average molecular weight is 328 g/mol. The molecule has 2 aliphatic carbocycles. The van der Waals surface area contributed by atoms with Crippen LogP contribution in [0.1, 0.15) is 64.2 Å². The Kier molecular flexibility index (Phi) is 5.11. The molecule has 3 nitrogen and oxygen atoms in total. The van der Waals surface area contributed by atoms with Gasteiger partial charge in [0.15, 0.2) is 5.16 Å². The van der Waals surface area contributed by atoms with Crippen LogP contribution >= 0.6 is 7.60 Å². The minimum absolute atomic E-state index is 0.279. The summed E-state index contributed by atoms with van der Waals surface area (Å²) >= 11 is 0. The van der Waals surface area contributed by atoms with Crippen LogP contribution in [0.15, 0.2) is 0 Å². The van der Waals surface area contributed by atoms with Crippen molar-refractivity contribution in [2.45, 2.75) is 75.5 Å². The lowest BCUT2D eigenvalue weighted by Crippen LogP contribution is -2.57. The van der Waals surface area contributed by atoms with E-state index in [0.717, 1.165) is 12.8 Å². The number of alkyl halides is 3. The SMILES string of the molecule is O=P(O)(O)C(C1CCCCC1)(C1CCCCC1)C(F)(F)F. The van der Waals surface area contributed by atoms with Crippen LogP contribution in [0.4, 0.5) is 13.2 Å². The van der Waals surface area contributed by atoms with Crippen molar-refractivity contribution in [3.63, 3.8) is 0 Å². The van der Waals surface area contributed by atoms with Crippen LogP contribution in [0.5, 0.6) is 0 Å². The number of rotatable bonds is 3. The lowest BCUT2D eigenvalue weighted by molar-refractivity contribution is -0.200. The van der Waals surface area contributed by atoms with Crippen molar-refractivity contribution in [1.82, 2.24) is 0 Å². The van der Waals surface area contributed by atoms with Crippen molar-refractivity contribution in [3.05, 3.63) is 0 Å². The molecule has 7 heteroatoms. The standard InChI is InChI=1S/C14H24F3O3P/c15-14(16,17)13(21(18,19)20,11-7-3-1-4-8-11)12-9-5-2-6-10-12/h11-12H,1-10H2,(H2,18,19,20). The van der Waals surface area contributed by atoms with E-state index in [9.17, 15) is 27.5 Å². The lowest BCUT2D eigenvalue weighted by Gasteiger charge is -2.49. The zero-order valence-corrected chi connectivity index (χ0v) is 13.0. The molecule has 2 N–H and O–H groups in total. The monoisotopic (exact) mass is 328 g/mol. The topological polar surface area (TPSA) is 57.5 Å². The molecule has 2 saturated carbocycles. The Morgan fingerprint density at radius 3 is 1.33 bits per heavy atom. The fraction of sp³-hybridized carbons (Fsp3) is 1.00. The normalized spacial score (nSPS) is 24.2. The average Bonchev–Trinajstić information content (AvgIpc) is 2.38. The van der Waals surface area contributed by atoms with Gasteiger partial charge in [0.05, 0.1) is 0 Å². The summed E-state index contributed by atoms with van der Waals surface area (Å²) in [5.74, 6) is -1.87. The molecular formula is C14H24F3O3P. The number of halogens is 3. The molecule has 0 amide bonds. The smallest absolute Gasteiger partial charge is 0.324 e. The quantitative estimate of drug-likeness (QED) is 0.743. The van der Waals surface area contributed by atoms with Crippen LogP contribution in [0.25, 0.3) is 0 Å². The highest BCUT2D eigenvalue weighted by Crippen LogP contribution is 2.69. The fourth-order valence-electron chi connectivity index (χ4n) is 4.52. The first kappa shape index (κ1) is 17.3. The van der Waals surface area contributed by atoms with Gasteiger partial charge in [-0.25, -0.2) is 0 Å². The molecule has 21 heavy (non-hydrogen) atoms. The lowest BCUT2D eigenvalue weighted by atomic mass is 9.68.